The van der Waals surface area contributed by atoms with Crippen molar-refractivity contribution in [3.8, 4) is 0 Å². The number of carbonyl (C=O) groups excluding carboxylic acids is 1. The van der Waals surface area contributed by atoms with Gasteiger partial charge in [-0.1, -0.05) is 27.2 Å². The van der Waals surface area contributed by atoms with Crippen LogP contribution in [0, 0.1) is 11.8 Å². The number of hydrogen-bond acceptors (Lipinski definition) is 4. The van der Waals surface area contributed by atoms with Crippen molar-refractivity contribution in [1.29, 1.82) is 0 Å². The Morgan fingerprint density at radius 2 is 1.84 bits per heavy atom. The van der Waals surface area contributed by atoms with E-state index in [1.807, 2.05) is 14.0 Å². The molecule has 0 saturated carbocycles. The zero-order valence-corrected chi connectivity index (χ0v) is 17.7. The molecule has 0 aromatic rings. The number of rotatable bonds is 9. The van der Waals surface area contributed by atoms with Gasteiger partial charge in [0.05, 0.1) is 5.75 Å². The summed E-state index contributed by atoms with van der Waals surface area (Å²) < 4.78 is 26.0. The van der Waals surface area contributed by atoms with E-state index in [0.29, 0.717) is 44.8 Å². The third kappa shape index (κ3) is 7.81. The smallest absolute Gasteiger partial charge is 0.225 e. The molecule has 1 atom stereocenters. The molecule has 1 fully saturated rings. The molecule has 25 heavy (non-hydrogen) atoms. The number of carbonyl (C=O) groups is 1. The molecule has 1 heterocycles. The molecule has 0 bridgehead atoms. The Balaban J connectivity index is 0.00000576. The molecule has 1 aliphatic rings. The summed E-state index contributed by atoms with van der Waals surface area (Å²) in [6.45, 7) is 7.74. The minimum Gasteiger partial charge on any atom is -0.345 e. The van der Waals surface area contributed by atoms with E-state index in [4.69, 9.17) is 5.73 Å². The molecule has 1 unspecified atom stereocenters. The molecule has 0 aliphatic carbocycles. The minimum absolute atomic E-state index is 0. The lowest BCUT2D eigenvalue weighted by atomic mass is 9.96. The van der Waals surface area contributed by atoms with Crippen molar-refractivity contribution in [1.82, 2.24) is 9.21 Å². The number of hydrogen-bond donors (Lipinski definition) is 1. The maximum atomic E-state index is 12.5. The topological polar surface area (TPSA) is 83.7 Å². The van der Waals surface area contributed by atoms with Gasteiger partial charge in [-0.3, -0.25) is 4.79 Å². The normalized spacial score (nSPS) is 18.0. The van der Waals surface area contributed by atoms with Gasteiger partial charge < -0.3 is 10.6 Å². The fourth-order valence-electron chi connectivity index (χ4n) is 2.93. The predicted octanol–water partition coefficient (Wildman–Crippen LogP) is 2.08. The molecule has 6 nitrogen and oxygen atoms in total. The molecule has 0 radical (unpaired) electrons. The monoisotopic (exact) mass is 397 g/mol. The van der Waals surface area contributed by atoms with Crippen molar-refractivity contribution in [3.63, 3.8) is 0 Å². The first-order valence-electron chi connectivity index (χ1n) is 9.17. The summed E-state index contributed by atoms with van der Waals surface area (Å²) in [6.07, 6.45) is 3.59. The molecule has 1 aliphatic heterocycles. The van der Waals surface area contributed by atoms with Crippen LogP contribution in [0.3, 0.4) is 0 Å². The highest BCUT2D eigenvalue weighted by molar-refractivity contribution is 7.89. The van der Waals surface area contributed by atoms with Gasteiger partial charge in [0, 0.05) is 38.6 Å². The highest BCUT2D eigenvalue weighted by Gasteiger charge is 2.31. The van der Waals surface area contributed by atoms with Crippen LogP contribution in [0.1, 0.15) is 52.9 Å². The Bertz CT molecular complexity index is 491. The van der Waals surface area contributed by atoms with E-state index in [2.05, 4.69) is 13.8 Å². The average Bonchev–Trinajstić information content (AvgIpc) is 2.56. The van der Waals surface area contributed by atoms with E-state index in [1.165, 1.54) is 0 Å². The summed E-state index contributed by atoms with van der Waals surface area (Å²) in [5.74, 6) is 0.680. The Morgan fingerprint density at radius 1 is 1.28 bits per heavy atom. The van der Waals surface area contributed by atoms with Gasteiger partial charge in [0.1, 0.15) is 0 Å². The Hall–Kier alpha value is -0.370. The lowest BCUT2D eigenvalue weighted by Gasteiger charge is -2.33. The number of nitrogens with two attached hydrogens (primary N) is 1. The zero-order valence-electron chi connectivity index (χ0n) is 16.1. The van der Waals surface area contributed by atoms with Crippen molar-refractivity contribution < 1.29 is 13.2 Å². The van der Waals surface area contributed by atoms with E-state index in [9.17, 15) is 13.2 Å². The molecule has 1 amide bonds. The van der Waals surface area contributed by atoms with E-state index in [1.54, 1.807) is 9.21 Å². The van der Waals surface area contributed by atoms with Gasteiger partial charge >= 0.3 is 0 Å². The molecule has 2 N–H and O–H groups in total. The first-order valence-corrected chi connectivity index (χ1v) is 10.8. The average molecular weight is 398 g/mol. The van der Waals surface area contributed by atoms with E-state index >= 15 is 0 Å². The van der Waals surface area contributed by atoms with E-state index < -0.39 is 10.0 Å². The Kier molecular flexibility index (Phi) is 11.2. The third-order valence-corrected chi connectivity index (χ3v) is 6.94. The first kappa shape index (κ1) is 24.6. The molecule has 1 saturated heterocycles. The largest absolute Gasteiger partial charge is 0.345 e. The summed E-state index contributed by atoms with van der Waals surface area (Å²) in [6, 6.07) is 0.103. The standard InChI is InChI=1S/C17H35N3O3S.ClH/c1-5-6-13-24(22,23)20-11-7-15(8-12-20)17(21)19(4)10-9-16(18)14(2)3;/h14-16H,5-13,18H2,1-4H3;1H. The Morgan fingerprint density at radius 3 is 2.32 bits per heavy atom. The third-order valence-electron chi connectivity index (χ3n) is 4.98. The quantitative estimate of drug-likeness (QED) is 0.645. The predicted molar refractivity (Wildman–Crippen MR) is 105 cm³/mol. The van der Waals surface area contributed by atoms with Gasteiger partial charge in [-0.25, -0.2) is 12.7 Å². The van der Waals surface area contributed by atoms with E-state index in [0.717, 1.165) is 12.8 Å². The van der Waals surface area contributed by atoms with Crippen LogP contribution >= 0.6 is 12.4 Å². The molecule has 0 aromatic carbocycles. The van der Waals surface area contributed by atoms with Crippen LogP contribution < -0.4 is 5.73 Å². The molecular formula is C17H36ClN3O3S. The van der Waals surface area contributed by atoms with Crippen LogP contribution in [0.2, 0.25) is 0 Å². The summed E-state index contributed by atoms with van der Waals surface area (Å²) in [5, 5.41) is 0. The molecule has 150 valence electrons. The van der Waals surface area contributed by atoms with Crippen molar-refractivity contribution >= 4 is 28.3 Å². The SMILES string of the molecule is CCCCS(=O)(=O)N1CCC(C(=O)N(C)CCC(N)C(C)C)CC1.Cl. The molecule has 8 heteroatoms. The van der Waals surface area contributed by atoms with Crippen LogP contribution in [0.25, 0.3) is 0 Å². The number of unbranched alkanes of at least 4 members (excludes halogenated alkanes) is 1. The van der Waals surface area contributed by atoms with Gasteiger partial charge in [0.15, 0.2) is 0 Å². The van der Waals surface area contributed by atoms with Crippen LogP contribution in [-0.4, -0.2) is 62.0 Å². The maximum absolute atomic E-state index is 12.5. The minimum atomic E-state index is -3.15. The summed E-state index contributed by atoms with van der Waals surface area (Å²) in [7, 11) is -1.33. The molecular weight excluding hydrogens is 362 g/mol. The highest BCUT2D eigenvalue weighted by atomic mass is 35.5. The second-order valence-electron chi connectivity index (χ2n) is 7.30. The summed E-state index contributed by atoms with van der Waals surface area (Å²) in [4.78, 5) is 14.3. The first-order chi connectivity index (χ1) is 11.2. The van der Waals surface area contributed by atoms with Crippen LogP contribution in [0.15, 0.2) is 0 Å². The fraction of sp³-hybridized carbons (Fsp3) is 0.941. The van der Waals surface area contributed by atoms with Crippen molar-refractivity contribution in [2.75, 3.05) is 32.4 Å². The fourth-order valence-corrected chi connectivity index (χ4v) is 4.61. The lowest BCUT2D eigenvalue weighted by molar-refractivity contribution is -0.135. The maximum Gasteiger partial charge on any atom is 0.225 e. The van der Waals surface area contributed by atoms with E-state index in [-0.39, 0.29) is 36.0 Å². The van der Waals surface area contributed by atoms with Crippen molar-refractivity contribution in [2.45, 2.75) is 58.9 Å². The van der Waals surface area contributed by atoms with Crippen LogP contribution in [0.4, 0.5) is 0 Å². The van der Waals surface area contributed by atoms with Crippen LogP contribution in [-0.2, 0) is 14.8 Å². The summed E-state index contributed by atoms with van der Waals surface area (Å²) >= 11 is 0. The number of nitrogens with zero attached hydrogens (tertiary/aromatic N) is 2. The number of piperidine rings is 1. The Labute approximate surface area is 160 Å². The van der Waals surface area contributed by atoms with Gasteiger partial charge in [-0.2, -0.15) is 0 Å². The lowest BCUT2D eigenvalue weighted by Crippen LogP contribution is -2.44. The highest BCUT2D eigenvalue weighted by Crippen LogP contribution is 2.22. The van der Waals surface area contributed by atoms with Gasteiger partial charge in [0.2, 0.25) is 15.9 Å². The number of amides is 1. The van der Waals surface area contributed by atoms with Crippen LogP contribution in [0.5, 0.6) is 0 Å². The van der Waals surface area contributed by atoms with Gasteiger partial charge in [-0.15, -0.1) is 12.4 Å². The number of halogens is 1. The zero-order chi connectivity index (χ0) is 18.3. The second kappa shape index (κ2) is 11.4. The molecule has 0 spiro atoms. The van der Waals surface area contributed by atoms with Crippen molar-refractivity contribution in [2.24, 2.45) is 17.6 Å². The summed E-state index contributed by atoms with van der Waals surface area (Å²) in [5.41, 5.74) is 6.04. The molecule has 1 rings (SSSR count). The van der Waals surface area contributed by atoms with Gasteiger partial charge in [-0.05, 0) is 31.6 Å². The molecule has 0 aromatic heterocycles. The second-order valence-corrected chi connectivity index (χ2v) is 9.39. The number of sulfonamides is 1. The van der Waals surface area contributed by atoms with Crippen molar-refractivity contribution in [3.05, 3.63) is 0 Å². The van der Waals surface area contributed by atoms with Gasteiger partial charge in [0.25, 0.3) is 0 Å².